The van der Waals surface area contributed by atoms with Crippen LogP contribution in [0.2, 0.25) is 10.0 Å². The van der Waals surface area contributed by atoms with Gasteiger partial charge in [0.15, 0.2) is 6.61 Å². The lowest BCUT2D eigenvalue weighted by Crippen LogP contribution is -2.20. The highest BCUT2D eigenvalue weighted by molar-refractivity contribution is 6.35. The van der Waals surface area contributed by atoms with Crippen LogP contribution in [0.25, 0.3) is 21.8 Å². The second-order valence-electron chi connectivity index (χ2n) is 6.78. The number of hydrogen-bond donors (Lipinski definition) is 1. The molecule has 4 aromatic rings. The molecule has 0 radical (unpaired) electrons. The van der Waals surface area contributed by atoms with Crippen LogP contribution in [-0.2, 0) is 16.1 Å². The smallest absolute Gasteiger partial charge is 0.338 e. The Labute approximate surface area is 183 Å². The van der Waals surface area contributed by atoms with Crippen molar-refractivity contribution in [1.82, 2.24) is 4.57 Å². The Balaban J connectivity index is 1.49. The first kappa shape index (κ1) is 20.3. The number of amides is 1. The molecule has 152 valence electrons. The summed E-state index contributed by atoms with van der Waals surface area (Å²) in [4.78, 5) is 24.4. The van der Waals surface area contributed by atoms with Crippen LogP contribution in [0.5, 0.6) is 0 Å². The first-order valence-corrected chi connectivity index (χ1v) is 10.2. The number of ether oxygens (including phenoxy) is 1. The number of benzene rings is 3. The highest BCUT2D eigenvalue weighted by Crippen LogP contribution is 2.31. The molecule has 0 unspecified atom stereocenters. The van der Waals surface area contributed by atoms with Gasteiger partial charge in [-0.25, -0.2) is 4.79 Å². The summed E-state index contributed by atoms with van der Waals surface area (Å²) in [6.07, 6.45) is 0. The molecule has 0 aliphatic heterocycles. The number of nitrogens with one attached hydrogen (secondary N) is 1. The Kier molecular flexibility index (Phi) is 5.66. The number of rotatable bonds is 5. The highest BCUT2D eigenvalue weighted by atomic mass is 35.5. The second-order valence-corrected chi connectivity index (χ2v) is 7.65. The summed E-state index contributed by atoms with van der Waals surface area (Å²) >= 11 is 11.8. The lowest BCUT2D eigenvalue weighted by atomic mass is 10.1. The summed E-state index contributed by atoms with van der Waals surface area (Å²) in [5, 5.41) is 5.59. The van der Waals surface area contributed by atoms with Crippen LogP contribution in [0.3, 0.4) is 0 Å². The van der Waals surface area contributed by atoms with E-state index in [4.69, 9.17) is 27.9 Å². The zero-order valence-electron chi connectivity index (χ0n) is 16.1. The quantitative estimate of drug-likeness (QED) is 0.392. The monoisotopic (exact) mass is 440 g/mol. The second kappa shape index (κ2) is 8.38. The summed E-state index contributed by atoms with van der Waals surface area (Å²) in [6.45, 7) is 2.53. The van der Waals surface area contributed by atoms with E-state index < -0.39 is 18.5 Å². The topological polar surface area (TPSA) is 60.3 Å². The number of halogens is 2. The first-order valence-electron chi connectivity index (χ1n) is 9.40. The maximum absolute atomic E-state index is 12.3. The van der Waals surface area contributed by atoms with Crippen molar-refractivity contribution in [3.8, 4) is 0 Å². The first-order chi connectivity index (χ1) is 14.5. The van der Waals surface area contributed by atoms with Crippen molar-refractivity contribution in [3.05, 3.63) is 76.3 Å². The number of nitrogens with zero attached hydrogens (tertiary/aromatic N) is 1. The van der Waals surface area contributed by atoms with Gasteiger partial charge < -0.3 is 14.6 Å². The summed E-state index contributed by atoms with van der Waals surface area (Å²) in [5.41, 5.74) is 3.07. The van der Waals surface area contributed by atoms with Crippen molar-refractivity contribution in [2.24, 2.45) is 0 Å². The molecule has 0 spiro atoms. The van der Waals surface area contributed by atoms with Gasteiger partial charge in [-0.05, 0) is 49.4 Å². The van der Waals surface area contributed by atoms with Gasteiger partial charge in [-0.1, -0.05) is 41.4 Å². The van der Waals surface area contributed by atoms with Gasteiger partial charge in [-0.15, -0.1) is 0 Å². The molecule has 1 amide bonds. The van der Waals surface area contributed by atoms with Crippen molar-refractivity contribution in [2.75, 3.05) is 11.9 Å². The Morgan fingerprint density at radius 2 is 1.63 bits per heavy atom. The molecule has 1 N–H and O–H groups in total. The van der Waals surface area contributed by atoms with Crippen LogP contribution >= 0.6 is 23.2 Å². The maximum Gasteiger partial charge on any atom is 0.338 e. The van der Waals surface area contributed by atoms with E-state index in [2.05, 4.69) is 28.9 Å². The number of aryl methyl sites for hydroxylation is 1. The molecule has 4 rings (SSSR count). The van der Waals surface area contributed by atoms with Crippen molar-refractivity contribution in [1.29, 1.82) is 0 Å². The van der Waals surface area contributed by atoms with Gasteiger partial charge in [0.25, 0.3) is 5.91 Å². The van der Waals surface area contributed by atoms with Crippen LogP contribution in [0.1, 0.15) is 17.3 Å². The van der Waals surface area contributed by atoms with E-state index in [0.29, 0.717) is 15.7 Å². The van der Waals surface area contributed by atoms with E-state index in [-0.39, 0.29) is 5.56 Å². The molecule has 1 aromatic heterocycles. The Morgan fingerprint density at radius 1 is 0.933 bits per heavy atom. The molecular formula is C23H18Cl2N2O3. The van der Waals surface area contributed by atoms with Gasteiger partial charge in [0, 0.05) is 44.1 Å². The number of esters is 1. The van der Waals surface area contributed by atoms with Crippen molar-refractivity contribution in [2.45, 2.75) is 13.5 Å². The van der Waals surface area contributed by atoms with Crippen molar-refractivity contribution < 1.29 is 14.3 Å². The fourth-order valence-corrected chi connectivity index (χ4v) is 4.08. The standard InChI is InChI=1S/C23H18Cl2N2O3/c1-2-27-20-6-4-3-5-18(20)19-12-17(7-8-21(19)27)26-22(28)13-30-23(29)14-9-15(24)11-16(25)10-14/h3-12H,2,13H2,1H3,(H,26,28). The third kappa shape index (κ3) is 3.99. The van der Waals surface area contributed by atoms with E-state index >= 15 is 0 Å². The summed E-state index contributed by atoms with van der Waals surface area (Å²) < 4.78 is 7.31. The minimum atomic E-state index is -0.670. The molecule has 0 fully saturated rings. The van der Waals surface area contributed by atoms with E-state index in [0.717, 1.165) is 28.4 Å². The van der Waals surface area contributed by atoms with Gasteiger partial charge >= 0.3 is 5.97 Å². The summed E-state index contributed by atoms with van der Waals surface area (Å²) in [6, 6.07) is 18.3. The van der Waals surface area contributed by atoms with E-state index in [9.17, 15) is 9.59 Å². The van der Waals surface area contributed by atoms with Crippen LogP contribution in [-0.4, -0.2) is 23.1 Å². The Hall–Kier alpha value is -3.02. The van der Waals surface area contributed by atoms with Crippen LogP contribution in [0, 0.1) is 0 Å². The normalized spacial score (nSPS) is 11.0. The molecule has 0 saturated heterocycles. The number of carbonyl (C=O) groups excluding carboxylic acids is 2. The average Bonchev–Trinajstić information content (AvgIpc) is 3.04. The SMILES string of the molecule is CCn1c2ccccc2c2cc(NC(=O)COC(=O)c3cc(Cl)cc(Cl)c3)ccc21. The third-order valence-corrected chi connectivity index (χ3v) is 5.24. The fraction of sp³-hybridized carbons (Fsp3) is 0.130. The molecule has 5 nitrogen and oxygen atoms in total. The number of carbonyl (C=O) groups is 2. The van der Waals surface area contributed by atoms with Gasteiger partial charge in [-0.3, -0.25) is 4.79 Å². The lowest BCUT2D eigenvalue weighted by molar-refractivity contribution is -0.119. The number of fused-ring (bicyclic) bond motifs is 3. The summed E-state index contributed by atoms with van der Waals surface area (Å²) in [5.74, 6) is -1.11. The zero-order chi connectivity index (χ0) is 21.3. The number of anilines is 1. The molecule has 0 atom stereocenters. The Morgan fingerprint density at radius 3 is 2.37 bits per heavy atom. The van der Waals surface area contributed by atoms with Crippen LogP contribution < -0.4 is 5.32 Å². The molecular weight excluding hydrogens is 423 g/mol. The predicted molar refractivity (Wildman–Crippen MR) is 120 cm³/mol. The molecule has 7 heteroatoms. The van der Waals surface area contributed by atoms with Gasteiger partial charge in [0.2, 0.25) is 0 Å². The molecule has 0 saturated carbocycles. The predicted octanol–water partition coefficient (Wildman–Crippen LogP) is 5.92. The molecule has 1 heterocycles. The number of aromatic nitrogens is 1. The van der Waals surface area contributed by atoms with E-state index in [1.807, 2.05) is 30.3 Å². The van der Waals surface area contributed by atoms with Gasteiger partial charge in [0.05, 0.1) is 5.56 Å². The maximum atomic E-state index is 12.3. The Bertz CT molecular complexity index is 1260. The van der Waals surface area contributed by atoms with E-state index in [1.165, 1.54) is 18.2 Å². The van der Waals surface area contributed by atoms with Crippen LogP contribution in [0.15, 0.2) is 60.7 Å². The lowest BCUT2D eigenvalue weighted by Gasteiger charge is -2.08. The molecule has 0 aliphatic rings. The van der Waals surface area contributed by atoms with Gasteiger partial charge in [0.1, 0.15) is 0 Å². The van der Waals surface area contributed by atoms with E-state index in [1.54, 1.807) is 0 Å². The third-order valence-electron chi connectivity index (χ3n) is 4.80. The highest BCUT2D eigenvalue weighted by Gasteiger charge is 2.14. The number of hydrogen-bond acceptors (Lipinski definition) is 3. The fourth-order valence-electron chi connectivity index (χ4n) is 3.56. The zero-order valence-corrected chi connectivity index (χ0v) is 17.6. The molecule has 0 bridgehead atoms. The average molecular weight is 441 g/mol. The van der Waals surface area contributed by atoms with Crippen molar-refractivity contribution in [3.63, 3.8) is 0 Å². The minimum Gasteiger partial charge on any atom is -0.452 e. The number of para-hydroxylation sites is 1. The summed E-state index contributed by atoms with van der Waals surface area (Å²) in [7, 11) is 0. The minimum absolute atomic E-state index is 0.189. The molecule has 3 aromatic carbocycles. The largest absolute Gasteiger partial charge is 0.452 e. The van der Waals surface area contributed by atoms with Crippen molar-refractivity contribution >= 4 is 62.6 Å². The molecule has 30 heavy (non-hydrogen) atoms. The van der Waals surface area contributed by atoms with Gasteiger partial charge in [-0.2, -0.15) is 0 Å². The van der Waals surface area contributed by atoms with Crippen LogP contribution in [0.4, 0.5) is 5.69 Å². The molecule has 0 aliphatic carbocycles.